The highest BCUT2D eigenvalue weighted by Gasteiger charge is 2.39. The van der Waals surface area contributed by atoms with E-state index in [1.807, 2.05) is 42.7 Å². The Balaban J connectivity index is 1.31. The van der Waals surface area contributed by atoms with Crippen LogP contribution in [0, 0.1) is 0 Å². The highest BCUT2D eigenvalue weighted by molar-refractivity contribution is 7.99. The Labute approximate surface area is 208 Å². The van der Waals surface area contributed by atoms with E-state index in [0.717, 1.165) is 38.9 Å². The van der Waals surface area contributed by atoms with E-state index in [1.165, 1.54) is 27.1 Å². The number of nitrogens with zero attached hydrogens (tertiary/aromatic N) is 2. The Morgan fingerprint density at radius 2 is 1.46 bits per heavy atom. The zero-order valence-electron chi connectivity index (χ0n) is 19.4. The topological polar surface area (TPSA) is 35.0 Å². The molecule has 2 heterocycles. The second kappa shape index (κ2) is 7.56. The van der Waals surface area contributed by atoms with Gasteiger partial charge in [0.15, 0.2) is 5.82 Å². The maximum atomic E-state index is 6.29. The maximum absolute atomic E-state index is 6.29. The summed E-state index contributed by atoms with van der Waals surface area (Å²) in [6, 6.07) is 29.5. The smallest absolute Gasteiger partial charge is 0.159 e. The molecule has 0 unspecified atom stereocenters. The number of ether oxygens (including phenoxy) is 1. The number of aromatic nitrogens is 2. The summed E-state index contributed by atoms with van der Waals surface area (Å²) in [5, 5.41) is 0. The van der Waals surface area contributed by atoms with Crippen LogP contribution >= 0.6 is 11.8 Å². The highest BCUT2D eigenvalue weighted by Crippen LogP contribution is 2.58. The summed E-state index contributed by atoms with van der Waals surface area (Å²) in [6.07, 6.45) is 3.82. The lowest BCUT2D eigenvalue weighted by Crippen LogP contribution is -2.15. The predicted molar refractivity (Wildman–Crippen MR) is 141 cm³/mol. The first kappa shape index (κ1) is 20.5. The van der Waals surface area contributed by atoms with Crippen LogP contribution < -0.4 is 4.74 Å². The normalized spacial score (nSPS) is 14.3. The van der Waals surface area contributed by atoms with Gasteiger partial charge in [-0.25, -0.2) is 9.97 Å². The lowest BCUT2D eigenvalue weighted by molar-refractivity contribution is 0.454. The number of hydrogen-bond acceptors (Lipinski definition) is 4. The van der Waals surface area contributed by atoms with E-state index in [-0.39, 0.29) is 5.41 Å². The number of rotatable bonds is 2. The van der Waals surface area contributed by atoms with Crippen LogP contribution in [0.15, 0.2) is 107 Å². The molecule has 0 N–H and O–H groups in total. The molecule has 0 amide bonds. The number of fused-ring (bicyclic) bond motifs is 6. The Bertz CT molecular complexity index is 1610. The SMILES string of the molecule is CC1(C)c2cc(-c3ncc(-c4ccccc4)cn3)ccc2-c2c1ccc1c2Sc2ccccc2O1. The molecule has 2 aliphatic rings. The van der Waals surface area contributed by atoms with Gasteiger partial charge < -0.3 is 4.74 Å². The minimum Gasteiger partial charge on any atom is -0.455 e. The number of hydrogen-bond donors (Lipinski definition) is 0. The molecule has 1 aromatic heterocycles. The monoisotopic (exact) mass is 470 g/mol. The zero-order valence-corrected chi connectivity index (χ0v) is 20.3. The van der Waals surface area contributed by atoms with Crippen molar-refractivity contribution in [1.82, 2.24) is 9.97 Å². The standard InChI is InChI=1S/C31H22N2OS/c1-31(2)23-14-15-26-29(35-27-11-7-6-10-25(27)34-26)28(23)22-13-12-20(16-24(22)31)30-32-17-21(18-33-30)19-8-4-3-5-9-19/h3-18H,1-2H3. The largest absolute Gasteiger partial charge is 0.455 e. The molecule has 1 aliphatic carbocycles. The maximum Gasteiger partial charge on any atom is 0.159 e. The molecule has 7 rings (SSSR count). The van der Waals surface area contributed by atoms with Gasteiger partial charge >= 0.3 is 0 Å². The van der Waals surface area contributed by atoms with Gasteiger partial charge in [0, 0.05) is 34.5 Å². The Kier molecular flexibility index (Phi) is 4.42. The molecule has 5 aromatic rings. The van der Waals surface area contributed by atoms with Gasteiger partial charge in [0.25, 0.3) is 0 Å². The molecule has 0 spiro atoms. The fraction of sp³-hybridized carbons (Fsp3) is 0.0968. The summed E-state index contributed by atoms with van der Waals surface area (Å²) in [5.41, 5.74) is 8.23. The summed E-state index contributed by atoms with van der Waals surface area (Å²) < 4.78 is 6.29. The molecule has 35 heavy (non-hydrogen) atoms. The Hall–Kier alpha value is -3.89. The molecule has 0 saturated carbocycles. The third kappa shape index (κ3) is 3.14. The lowest BCUT2D eigenvalue weighted by atomic mass is 9.82. The molecular formula is C31H22N2OS. The highest BCUT2D eigenvalue weighted by atomic mass is 32.2. The molecule has 1 aliphatic heterocycles. The van der Waals surface area contributed by atoms with Crippen LogP contribution in [0.5, 0.6) is 11.5 Å². The fourth-order valence-electron chi connectivity index (χ4n) is 5.20. The van der Waals surface area contributed by atoms with Crippen molar-refractivity contribution in [2.24, 2.45) is 0 Å². The van der Waals surface area contributed by atoms with Crippen LogP contribution in [0.1, 0.15) is 25.0 Å². The minimum absolute atomic E-state index is 0.128. The van der Waals surface area contributed by atoms with Gasteiger partial charge in [-0.15, -0.1) is 0 Å². The first-order chi connectivity index (χ1) is 17.1. The van der Waals surface area contributed by atoms with Gasteiger partial charge in [-0.05, 0) is 46.5 Å². The van der Waals surface area contributed by atoms with Gasteiger partial charge in [-0.3, -0.25) is 0 Å². The molecule has 0 atom stereocenters. The second-order valence-electron chi connectivity index (χ2n) is 9.51. The molecule has 0 radical (unpaired) electrons. The third-order valence-corrected chi connectivity index (χ3v) is 8.22. The van der Waals surface area contributed by atoms with Crippen molar-refractivity contribution in [3.63, 3.8) is 0 Å². The van der Waals surface area contributed by atoms with E-state index in [1.54, 1.807) is 11.8 Å². The molecule has 4 heteroatoms. The van der Waals surface area contributed by atoms with Crippen molar-refractivity contribution in [1.29, 1.82) is 0 Å². The molecule has 3 nitrogen and oxygen atoms in total. The van der Waals surface area contributed by atoms with Gasteiger partial charge in [-0.1, -0.05) is 86.3 Å². The molecule has 0 saturated heterocycles. The molecular weight excluding hydrogens is 448 g/mol. The summed E-state index contributed by atoms with van der Waals surface area (Å²) in [7, 11) is 0. The summed E-state index contributed by atoms with van der Waals surface area (Å²) >= 11 is 1.80. The van der Waals surface area contributed by atoms with Crippen LogP contribution in [-0.4, -0.2) is 9.97 Å². The first-order valence-electron chi connectivity index (χ1n) is 11.7. The average Bonchev–Trinajstić information content (AvgIpc) is 3.14. The van der Waals surface area contributed by atoms with Crippen molar-refractivity contribution in [3.8, 4) is 45.1 Å². The van der Waals surface area contributed by atoms with Crippen LogP contribution in [0.2, 0.25) is 0 Å². The predicted octanol–water partition coefficient (Wildman–Crippen LogP) is 8.37. The van der Waals surface area contributed by atoms with E-state index >= 15 is 0 Å². The Morgan fingerprint density at radius 1 is 0.686 bits per heavy atom. The molecule has 0 bridgehead atoms. The number of para-hydroxylation sites is 1. The van der Waals surface area contributed by atoms with Crippen LogP contribution in [0.4, 0.5) is 0 Å². The first-order valence-corrected chi connectivity index (χ1v) is 12.6. The van der Waals surface area contributed by atoms with Crippen molar-refractivity contribution in [2.75, 3.05) is 0 Å². The fourth-order valence-corrected chi connectivity index (χ4v) is 6.31. The molecule has 0 fully saturated rings. The second-order valence-corrected chi connectivity index (χ2v) is 10.6. The van der Waals surface area contributed by atoms with Crippen molar-refractivity contribution in [2.45, 2.75) is 29.1 Å². The van der Waals surface area contributed by atoms with Gasteiger partial charge in [0.2, 0.25) is 0 Å². The molecule has 4 aromatic carbocycles. The van der Waals surface area contributed by atoms with E-state index in [2.05, 4.69) is 68.4 Å². The van der Waals surface area contributed by atoms with E-state index in [9.17, 15) is 0 Å². The van der Waals surface area contributed by atoms with E-state index < -0.39 is 0 Å². The number of benzene rings is 4. The van der Waals surface area contributed by atoms with Crippen LogP contribution in [0.3, 0.4) is 0 Å². The third-order valence-electron chi connectivity index (χ3n) is 7.06. The van der Waals surface area contributed by atoms with Crippen molar-refractivity contribution < 1.29 is 4.74 Å². The van der Waals surface area contributed by atoms with Gasteiger partial charge in [-0.2, -0.15) is 0 Å². The van der Waals surface area contributed by atoms with Gasteiger partial charge in [0.1, 0.15) is 11.5 Å². The summed E-state index contributed by atoms with van der Waals surface area (Å²) in [5.74, 6) is 2.60. The summed E-state index contributed by atoms with van der Waals surface area (Å²) in [4.78, 5) is 11.8. The quantitative estimate of drug-likeness (QED) is 0.255. The van der Waals surface area contributed by atoms with Crippen LogP contribution in [-0.2, 0) is 5.41 Å². The molecule has 168 valence electrons. The lowest BCUT2D eigenvalue weighted by Gasteiger charge is -2.24. The van der Waals surface area contributed by atoms with Crippen molar-refractivity contribution in [3.05, 3.63) is 108 Å². The summed E-state index contributed by atoms with van der Waals surface area (Å²) in [6.45, 7) is 4.60. The zero-order chi connectivity index (χ0) is 23.6. The van der Waals surface area contributed by atoms with Gasteiger partial charge in [0.05, 0.1) is 9.79 Å². The van der Waals surface area contributed by atoms with E-state index in [0.29, 0.717) is 0 Å². The minimum atomic E-state index is -0.128. The average molecular weight is 471 g/mol. The van der Waals surface area contributed by atoms with Crippen molar-refractivity contribution >= 4 is 11.8 Å². The van der Waals surface area contributed by atoms with E-state index in [4.69, 9.17) is 14.7 Å². The van der Waals surface area contributed by atoms with Crippen LogP contribution in [0.25, 0.3) is 33.6 Å². The Morgan fingerprint density at radius 3 is 2.29 bits per heavy atom.